The molecule has 1 aromatic heterocycles. The number of ether oxygens (including phenoxy) is 1. The zero-order chi connectivity index (χ0) is 22.5. The van der Waals surface area contributed by atoms with Gasteiger partial charge < -0.3 is 24.4 Å². The van der Waals surface area contributed by atoms with Gasteiger partial charge in [-0.2, -0.15) is 0 Å². The van der Waals surface area contributed by atoms with Crippen molar-refractivity contribution in [2.75, 3.05) is 19.6 Å². The Hall–Kier alpha value is -2.34. The average molecular weight is 435 g/mol. The lowest BCUT2D eigenvalue weighted by molar-refractivity contribution is -0.0588. The highest BCUT2D eigenvalue weighted by Crippen LogP contribution is 2.45. The van der Waals surface area contributed by atoms with Crippen molar-refractivity contribution in [1.29, 1.82) is 0 Å². The first-order chi connectivity index (χ1) is 15.4. The van der Waals surface area contributed by atoms with Crippen molar-refractivity contribution in [2.45, 2.75) is 64.4 Å². The number of hydrogen-bond donors (Lipinski definition) is 2. The molecule has 2 aromatic carbocycles. The van der Waals surface area contributed by atoms with E-state index in [0.29, 0.717) is 13.0 Å². The van der Waals surface area contributed by atoms with E-state index in [2.05, 4.69) is 60.7 Å². The molecule has 0 unspecified atom stereocenters. The van der Waals surface area contributed by atoms with Crippen molar-refractivity contribution in [3.05, 3.63) is 64.8 Å². The maximum Gasteiger partial charge on any atom is 0.126 e. The third-order valence-corrected chi connectivity index (χ3v) is 7.59. The van der Waals surface area contributed by atoms with Crippen LogP contribution in [0.1, 0.15) is 60.6 Å². The standard InChI is InChI=1S/C27H34N2O3/c1-4-29-16-22(20-7-5-6-8-23(20)29)25(31)17-28-11-9-27(10-12-28)15-24(30)21-13-18(2)19(3)14-26(21)32-27/h5-8,13-14,16,24-25,30-31H,4,9-12,15,17H2,1-3H3/t24-,25+/m0/s1. The zero-order valence-corrected chi connectivity index (χ0v) is 19.3. The third-order valence-electron chi connectivity index (χ3n) is 7.59. The quantitative estimate of drug-likeness (QED) is 0.627. The molecule has 0 saturated carbocycles. The monoisotopic (exact) mass is 434 g/mol. The zero-order valence-electron chi connectivity index (χ0n) is 19.3. The van der Waals surface area contributed by atoms with E-state index in [1.807, 2.05) is 12.1 Å². The summed E-state index contributed by atoms with van der Waals surface area (Å²) in [6, 6.07) is 12.5. The van der Waals surface area contributed by atoms with Crippen LogP contribution < -0.4 is 4.74 Å². The molecule has 2 N–H and O–H groups in total. The SMILES string of the molecule is CCn1cc([C@H](O)CN2CCC3(CC2)C[C@H](O)c2cc(C)c(C)cc2O3)c2ccccc21. The summed E-state index contributed by atoms with van der Waals surface area (Å²) in [7, 11) is 0. The number of likely N-dealkylation sites (tertiary alicyclic amines) is 1. The molecule has 3 aromatic rings. The Morgan fingerprint density at radius 2 is 1.84 bits per heavy atom. The van der Waals surface area contributed by atoms with Gasteiger partial charge in [0, 0.05) is 60.8 Å². The van der Waals surface area contributed by atoms with Gasteiger partial charge in [-0.1, -0.05) is 18.2 Å². The van der Waals surface area contributed by atoms with Crippen molar-refractivity contribution < 1.29 is 14.9 Å². The summed E-state index contributed by atoms with van der Waals surface area (Å²) in [6.07, 6.45) is 3.46. The van der Waals surface area contributed by atoms with Crippen molar-refractivity contribution in [1.82, 2.24) is 9.47 Å². The fourth-order valence-electron chi connectivity index (χ4n) is 5.49. The largest absolute Gasteiger partial charge is 0.487 e. The smallest absolute Gasteiger partial charge is 0.126 e. The lowest BCUT2D eigenvalue weighted by Gasteiger charge is -2.46. The summed E-state index contributed by atoms with van der Waals surface area (Å²) in [5, 5.41) is 23.1. The van der Waals surface area contributed by atoms with Gasteiger partial charge in [0.05, 0.1) is 12.2 Å². The van der Waals surface area contributed by atoms with Crippen LogP contribution >= 0.6 is 0 Å². The van der Waals surface area contributed by atoms with E-state index in [1.165, 1.54) is 16.6 Å². The van der Waals surface area contributed by atoms with Gasteiger partial charge in [-0.15, -0.1) is 0 Å². The molecule has 0 bridgehead atoms. The van der Waals surface area contributed by atoms with Gasteiger partial charge in [0.2, 0.25) is 0 Å². The van der Waals surface area contributed by atoms with E-state index in [-0.39, 0.29) is 5.60 Å². The van der Waals surface area contributed by atoms with Crippen molar-refractivity contribution >= 4 is 10.9 Å². The molecule has 1 spiro atoms. The lowest BCUT2D eigenvalue weighted by Crippen LogP contribution is -2.51. The second-order valence-electron chi connectivity index (χ2n) is 9.68. The number of piperidine rings is 1. The highest BCUT2D eigenvalue weighted by atomic mass is 16.5. The number of hydrogen-bond acceptors (Lipinski definition) is 4. The normalized spacial score (nSPS) is 21.5. The van der Waals surface area contributed by atoms with Gasteiger partial charge >= 0.3 is 0 Å². The van der Waals surface area contributed by atoms with Crippen molar-refractivity contribution in [3.8, 4) is 5.75 Å². The topological polar surface area (TPSA) is 57.9 Å². The summed E-state index contributed by atoms with van der Waals surface area (Å²) in [4.78, 5) is 2.33. The van der Waals surface area contributed by atoms with E-state index in [1.54, 1.807) is 0 Å². The predicted molar refractivity (Wildman–Crippen MR) is 127 cm³/mol. The molecule has 5 nitrogen and oxygen atoms in total. The van der Waals surface area contributed by atoms with Crippen LogP contribution in [-0.2, 0) is 6.54 Å². The Morgan fingerprint density at radius 3 is 2.59 bits per heavy atom. The molecule has 0 amide bonds. The molecule has 32 heavy (non-hydrogen) atoms. The van der Waals surface area contributed by atoms with Crippen LogP contribution in [0.15, 0.2) is 42.6 Å². The van der Waals surface area contributed by atoms with E-state index in [9.17, 15) is 10.2 Å². The number of para-hydroxylation sites is 1. The van der Waals surface area contributed by atoms with Crippen LogP contribution in [-0.4, -0.2) is 44.9 Å². The van der Waals surface area contributed by atoms with Crippen LogP contribution in [0.4, 0.5) is 0 Å². The van der Waals surface area contributed by atoms with Crippen LogP contribution in [0.3, 0.4) is 0 Å². The number of benzene rings is 2. The minimum Gasteiger partial charge on any atom is -0.487 e. The van der Waals surface area contributed by atoms with Crippen LogP contribution in [0, 0.1) is 13.8 Å². The molecule has 0 aliphatic carbocycles. The number of aromatic nitrogens is 1. The molecule has 2 aliphatic rings. The van der Waals surface area contributed by atoms with Gasteiger partial charge in [-0.05, 0) is 62.9 Å². The molecule has 2 atom stereocenters. The Kier molecular flexibility index (Phi) is 5.52. The minimum absolute atomic E-state index is 0.312. The molecule has 170 valence electrons. The molecular weight excluding hydrogens is 400 g/mol. The Balaban J connectivity index is 1.28. The molecule has 2 aliphatic heterocycles. The second-order valence-corrected chi connectivity index (χ2v) is 9.68. The molecule has 1 fully saturated rings. The summed E-state index contributed by atoms with van der Waals surface area (Å²) in [5.74, 6) is 0.840. The fourth-order valence-corrected chi connectivity index (χ4v) is 5.49. The summed E-state index contributed by atoms with van der Waals surface area (Å²) in [6.45, 7) is 9.52. The number of β-amino-alcohol motifs (C(OH)–C–C–N with tert-alkyl or cyclic N) is 1. The molecule has 3 heterocycles. The average Bonchev–Trinajstić information content (AvgIpc) is 3.16. The number of rotatable bonds is 4. The number of aryl methyl sites for hydroxylation is 3. The van der Waals surface area contributed by atoms with Crippen molar-refractivity contribution in [2.24, 2.45) is 0 Å². The van der Waals surface area contributed by atoms with E-state index >= 15 is 0 Å². The number of aliphatic hydroxyl groups is 2. The maximum absolute atomic E-state index is 11.1. The number of aliphatic hydroxyl groups excluding tert-OH is 2. The van der Waals surface area contributed by atoms with Crippen LogP contribution in [0.5, 0.6) is 5.75 Å². The first kappa shape index (κ1) is 21.5. The van der Waals surface area contributed by atoms with Gasteiger partial charge in [-0.25, -0.2) is 0 Å². The summed E-state index contributed by atoms with van der Waals surface area (Å²) < 4.78 is 8.73. The van der Waals surface area contributed by atoms with E-state index in [0.717, 1.165) is 54.7 Å². The Bertz CT molecular complexity index is 1130. The highest BCUT2D eigenvalue weighted by molar-refractivity contribution is 5.84. The summed E-state index contributed by atoms with van der Waals surface area (Å²) >= 11 is 0. The molecule has 0 radical (unpaired) electrons. The number of nitrogens with zero attached hydrogens (tertiary/aromatic N) is 2. The molecular formula is C27H34N2O3. The van der Waals surface area contributed by atoms with Gasteiger partial charge in [0.25, 0.3) is 0 Å². The third kappa shape index (κ3) is 3.72. The van der Waals surface area contributed by atoms with Gasteiger partial charge in [0.1, 0.15) is 11.4 Å². The fraction of sp³-hybridized carbons (Fsp3) is 0.481. The highest BCUT2D eigenvalue weighted by Gasteiger charge is 2.43. The number of fused-ring (bicyclic) bond motifs is 2. The van der Waals surface area contributed by atoms with Gasteiger partial charge in [0.15, 0.2) is 0 Å². The Labute approximate surface area is 190 Å². The minimum atomic E-state index is -0.522. The molecule has 1 saturated heterocycles. The predicted octanol–water partition coefficient (Wildman–Crippen LogP) is 4.66. The lowest BCUT2D eigenvalue weighted by atomic mass is 9.81. The summed E-state index contributed by atoms with van der Waals surface area (Å²) in [5.41, 5.74) is 5.18. The molecule has 5 rings (SSSR count). The van der Waals surface area contributed by atoms with E-state index in [4.69, 9.17) is 4.74 Å². The van der Waals surface area contributed by atoms with Gasteiger partial charge in [-0.3, -0.25) is 0 Å². The van der Waals surface area contributed by atoms with Crippen LogP contribution in [0.25, 0.3) is 10.9 Å². The van der Waals surface area contributed by atoms with Crippen LogP contribution in [0.2, 0.25) is 0 Å². The molecule has 5 heteroatoms. The first-order valence-corrected chi connectivity index (χ1v) is 11.9. The van der Waals surface area contributed by atoms with E-state index < -0.39 is 12.2 Å². The first-order valence-electron chi connectivity index (χ1n) is 11.9. The maximum atomic E-state index is 11.1. The Morgan fingerprint density at radius 1 is 1.12 bits per heavy atom. The van der Waals surface area contributed by atoms with Crippen molar-refractivity contribution in [3.63, 3.8) is 0 Å². The second kappa shape index (κ2) is 8.22.